The molecular weight excluding hydrogens is 262 g/mol. The first kappa shape index (κ1) is 15.9. The molecule has 0 bridgehead atoms. The summed E-state index contributed by atoms with van der Waals surface area (Å²) in [5, 5.41) is 10.8. The van der Waals surface area contributed by atoms with Crippen molar-refractivity contribution >= 4 is 11.7 Å². The number of unbranched alkanes of at least 4 members (excludes halogenated alkanes) is 2. The van der Waals surface area contributed by atoms with Crippen LogP contribution in [0, 0.1) is 24.0 Å². The summed E-state index contributed by atoms with van der Waals surface area (Å²) in [6.07, 6.45) is 3.05. The molecule has 20 heavy (non-hydrogen) atoms. The standard InChI is InChI=1S/C14H19NO5/c1-4-5-6-7-14(16)20-19-13-9-8-12(15(17)18)10(2)11(13)3/h8-9H,4-7H2,1-3H3. The molecule has 0 unspecified atom stereocenters. The summed E-state index contributed by atoms with van der Waals surface area (Å²) in [6.45, 7) is 5.36. The first-order valence-corrected chi connectivity index (χ1v) is 6.59. The van der Waals surface area contributed by atoms with Gasteiger partial charge < -0.3 is 0 Å². The van der Waals surface area contributed by atoms with Crippen molar-refractivity contribution in [2.75, 3.05) is 0 Å². The van der Waals surface area contributed by atoms with Crippen LogP contribution in [-0.2, 0) is 9.68 Å². The van der Waals surface area contributed by atoms with Gasteiger partial charge in [-0.3, -0.25) is 19.9 Å². The summed E-state index contributed by atoms with van der Waals surface area (Å²) in [5.74, 6) is -0.120. The quantitative estimate of drug-likeness (QED) is 0.330. The van der Waals surface area contributed by atoms with Crippen molar-refractivity contribution in [3.8, 4) is 5.75 Å². The Morgan fingerprint density at radius 1 is 1.25 bits per heavy atom. The predicted octanol–water partition coefficient (Wildman–Crippen LogP) is 3.63. The smallest absolute Gasteiger partial charge is 0.287 e. The van der Waals surface area contributed by atoms with E-state index in [4.69, 9.17) is 9.78 Å². The highest BCUT2D eigenvalue weighted by Gasteiger charge is 2.16. The number of carbonyl (C=O) groups excluding carboxylic acids is 1. The van der Waals surface area contributed by atoms with Crippen molar-refractivity contribution in [1.82, 2.24) is 0 Å². The monoisotopic (exact) mass is 281 g/mol. The first-order chi connectivity index (χ1) is 9.47. The van der Waals surface area contributed by atoms with Crippen LogP contribution in [0.4, 0.5) is 5.69 Å². The average molecular weight is 281 g/mol. The zero-order valence-electron chi connectivity index (χ0n) is 12.0. The molecule has 6 heteroatoms. The number of hydrogen-bond donors (Lipinski definition) is 0. The van der Waals surface area contributed by atoms with Gasteiger partial charge in [-0.2, -0.15) is 0 Å². The van der Waals surface area contributed by atoms with Gasteiger partial charge in [0.25, 0.3) is 5.69 Å². The molecule has 0 saturated carbocycles. The summed E-state index contributed by atoms with van der Waals surface area (Å²) in [6, 6.07) is 2.77. The van der Waals surface area contributed by atoms with E-state index < -0.39 is 10.9 Å². The van der Waals surface area contributed by atoms with Crippen molar-refractivity contribution in [2.45, 2.75) is 46.5 Å². The summed E-state index contributed by atoms with van der Waals surface area (Å²) in [4.78, 5) is 31.4. The van der Waals surface area contributed by atoms with E-state index in [1.165, 1.54) is 12.1 Å². The number of benzene rings is 1. The molecule has 0 atom stereocenters. The van der Waals surface area contributed by atoms with Gasteiger partial charge in [-0.05, 0) is 26.3 Å². The van der Waals surface area contributed by atoms with Gasteiger partial charge in [-0.15, -0.1) is 0 Å². The van der Waals surface area contributed by atoms with E-state index in [-0.39, 0.29) is 5.69 Å². The van der Waals surface area contributed by atoms with Gasteiger partial charge in [-0.25, -0.2) is 4.79 Å². The van der Waals surface area contributed by atoms with Gasteiger partial charge in [0.1, 0.15) is 0 Å². The molecule has 1 rings (SSSR count). The maximum atomic E-state index is 11.4. The van der Waals surface area contributed by atoms with Crippen LogP contribution in [0.15, 0.2) is 12.1 Å². The van der Waals surface area contributed by atoms with Crippen LogP contribution < -0.4 is 4.89 Å². The maximum Gasteiger partial charge on any atom is 0.355 e. The Morgan fingerprint density at radius 2 is 1.95 bits per heavy atom. The lowest BCUT2D eigenvalue weighted by Crippen LogP contribution is -2.09. The molecule has 0 amide bonds. The lowest BCUT2D eigenvalue weighted by Gasteiger charge is -2.09. The molecule has 0 aliphatic heterocycles. The zero-order valence-corrected chi connectivity index (χ0v) is 12.0. The van der Waals surface area contributed by atoms with Crippen molar-refractivity contribution in [1.29, 1.82) is 0 Å². The second-order valence-electron chi connectivity index (χ2n) is 4.59. The summed E-state index contributed by atoms with van der Waals surface area (Å²) >= 11 is 0. The molecule has 0 heterocycles. The highest BCUT2D eigenvalue weighted by atomic mass is 17.2. The van der Waals surface area contributed by atoms with E-state index in [1.54, 1.807) is 13.8 Å². The molecule has 110 valence electrons. The molecule has 0 saturated heterocycles. The Hall–Kier alpha value is -2.11. The minimum atomic E-state index is -0.455. The number of carbonyl (C=O) groups is 1. The third kappa shape index (κ3) is 4.22. The van der Waals surface area contributed by atoms with Crippen LogP contribution in [0.3, 0.4) is 0 Å². The molecule has 6 nitrogen and oxygen atoms in total. The fourth-order valence-corrected chi connectivity index (χ4v) is 1.72. The fraction of sp³-hybridized carbons (Fsp3) is 0.500. The Balaban J connectivity index is 2.63. The van der Waals surface area contributed by atoms with E-state index in [2.05, 4.69) is 0 Å². The first-order valence-electron chi connectivity index (χ1n) is 6.59. The van der Waals surface area contributed by atoms with E-state index >= 15 is 0 Å². The fourth-order valence-electron chi connectivity index (χ4n) is 1.72. The van der Waals surface area contributed by atoms with Crippen molar-refractivity contribution in [3.63, 3.8) is 0 Å². The van der Waals surface area contributed by atoms with Crippen molar-refractivity contribution < 1.29 is 19.5 Å². The molecule has 0 fully saturated rings. The van der Waals surface area contributed by atoms with Crippen molar-refractivity contribution in [3.05, 3.63) is 33.4 Å². The van der Waals surface area contributed by atoms with Gasteiger partial charge in [0, 0.05) is 17.2 Å². The third-order valence-electron chi connectivity index (χ3n) is 3.11. The van der Waals surface area contributed by atoms with Crippen LogP contribution >= 0.6 is 0 Å². The molecule has 0 aliphatic carbocycles. The second kappa shape index (κ2) is 7.47. The maximum absolute atomic E-state index is 11.4. The summed E-state index contributed by atoms with van der Waals surface area (Å²) in [5.41, 5.74) is 1.10. The van der Waals surface area contributed by atoms with E-state index in [0.717, 1.165) is 19.3 Å². The molecule has 0 N–H and O–H groups in total. The van der Waals surface area contributed by atoms with Crippen LogP contribution in [-0.4, -0.2) is 10.9 Å². The Labute approximate surface area is 117 Å². The Bertz CT molecular complexity index is 499. The number of hydrogen-bond acceptors (Lipinski definition) is 5. The molecule has 0 aromatic heterocycles. The van der Waals surface area contributed by atoms with Crippen LogP contribution in [0.25, 0.3) is 0 Å². The van der Waals surface area contributed by atoms with Gasteiger partial charge in [-0.1, -0.05) is 19.8 Å². The van der Waals surface area contributed by atoms with Crippen molar-refractivity contribution in [2.24, 2.45) is 0 Å². The largest absolute Gasteiger partial charge is 0.355 e. The molecule has 1 aromatic carbocycles. The minimum absolute atomic E-state index is 0.0177. The average Bonchev–Trinajstić information content (AvgIpc) is 2.40. The van der Waals surface area contributed by atoms with Crippen LogP contribution in [0.2, 0.25) is 0 Å². The number of rotatable bonds is 7. The summed E-state index contributed by atoms with van der Waals surface area (Å²) < 4.78 is 0. The molecular formula is C14H19NO5. The van der Waals surface area contributed by atoms with E-state index in [9.17, 15) is 14.9 Å². The Morgan fingerprint density at radius 3 is 2.55 bits per heavy atom. The zero-order chi connectivity index (χ0) is 15.1. The molecule has 0 spiro atoms. The van der Waals surface area contributed by atoms with Gasteiger partial charge >= 0.3 is 5.97 Å². The third-order valence-corrected chi connectivity index (χ3v) is 3.11. The topological polar surface area (TPSA) is 78.7 Å². The summed E-state index contributed by atoms with van der Waals surface area (Å²) in [7, 11) is 0. The second-order valence-corrected chi connectivity index (χ2v) is 4.59. The number of nitrogens with zero attached hydrogens (tertiary/aromatic N) is 1. The highest BCUT2D eigenvalue weighted by molar-refractivity contribution is 5.68. The van der Waals surface area contributed by atoms with Gasteiger partial charge in [0.15, 0.2) is 5.75 Å². The number of nitro benzene ring substituents is 1. The molecule has 0 aliphatic rings. The van der Waals surface area contributed by atoms with E-state index in [0.29, 0.717) is 23.3 Å². The lowest BCUT2D eigenvalue weighted by molar-refractivity contribution is -0.385. The van der Waals surface area contributed by atoms with Gasteiger partial charge in [0.05, 0.1) is 11.3 Å². The molecule has 0 radical (unpaired) electrons. The number of nitro groups is 1. The lowest BCUT2D eigenvalue weighted by atomic mass is 10.1. The van der Waals surface area contributed by atoms with E-state index in [1.807, 2.05) is 6.92 Å². The van der Waals surface area contributed by atoms with Crippen LogP contribution in [0.5, 0.6) is 5.75 Å². The predicted molar refractivity (Wildman–Crippen MR) is 73.4 cm³/mol. The normalized spacial score (nSPS) is 10.2. The Kier molecular flexibility index (Phi) is 5.96. The molecule has 1 aromatic rings. The highest BCUT2D eigenvalue weighted by Crippen LogP contribution is 2.28. The SMILES string of the molecule is CCCCCC(=O)OOc1ccc([N+](=O)[O-])c(C)c1C. The minimum Gasteiger partial charge on any atom is -0.287 e. The van der Waals surface area contributed by atoms with Gasteiger partial charge in [0.2, 0.25) is 0 Å². The van der Waals surface area contributed by atoms with Crippen LogP contribution in [0.1, 0.15) is 43.7 Å².